The maximum absolute atomic E-state index is 12.7. The van der Waals surface area contributed by atoms with Crippen molar-refractivity contribution in [2.24, 2.45) is 0 Å². The summed E-state index contributed by atoms with van der Waals surface area (Å²) in [5, 5.41) is 22.0. The van der Waals surface area contributed by atoms with Crippen molar-refractivity contribution in [2.45, 2.75) is 18.7 Å². The van der Waals surface area contributed by atoms with Gasteiger partial charge in [-0.05, 0) is 18.1 Å². The fraction of sp³-hybridized carbons (Fsp3) is 0.400. The third-order valence-corrected chi connectivity index (χ3v) is 2.39. The molecule has 94 valence electrons. The summed E-state index contributed by atoms with van der Waals surface area (Å²) in [4.78, 5) is 9.01. The van der Waals surface area contributed by atoms with Gasteiger partial charge in [0.1, 0.15) is 0 Å². The molecule has 1 aromatic rings. The normalized spacial score (nSPS) is 14.5. The van der Waals surface area contributed by atoms with Crippen LogP contribution in [-0.2, 0) is 5.60 Å². The van der Waals surface area contributed by atoms with E-state index < -0.39 is 28.8 Å². The standard InChI is InChI=1S/C10H9F3NO3.Na/c1-7-4-2-3-5-8(7)9(15,6-14(16)17)10(11,12)13;/h2-5H,6H2,1H3;/q-1;+1. The monoisotopic (exact) mass is 271 g/mol. The van der Waals surface area contributed by atoms with E-state index in [4.69, 9.17) is 0 Å². The van der Waals surface area contributed by atoms with Crippen LogP contribution in [-0.4, -0.2) is 17.6 Å². The van der Waals surface area contributed by atoms with Crippen molar-refractivity contribution in [1.82, 2.24) is 0 Å². The quantitative estimate of drug-likeness (QED) is 0.377. The molecule has 0 heterocycles. The van der Waals surface area contributed by atoms with Gasteiger partial charge in [-0.1, -0.05) is 24.3 Å². The van der Waals surface area contributed by atoms with Gasteiger partial charge >= 0.3 is 35.7 Å². The SMILES string of the molecule is Cc1ccccc1C([O-])(C[N+](=O)[O-])C(F)(F)F.[Na+]. The van der Waals surface area contributed by atoms with Crippen LogP contribution in [0.2, 0.25) is 0 Å². The first-order valence-electron chi connectivity index (χ1n) is 4.63. The van der Waals surface area contributed by atoms with Gasteiger partial charge in [0, 0.05) is 4.92 Å². The van der Waals surface area contributed by atoms with Gasteiger partial charge in [0.15, 0.2) is 0 Å². The van der Waals surface area contributed by atoms with E-state index >= 15 is 0 Å². The van der Waals surface area contributed by atoms with Crippen molar-refractivity contribution in [3.05, 3.63) is 45.5 Å². The van der Waals surface area contributed by atoms with Gasteiger partial charge in [-0.25, -0.2) is 0 Å². The fourth-order valence-electron chi connectivity index (χ4n) is 1.54. The second-order valence-corrected chi connectivity index (χ2v) is 3.63. The molecule has 0 saturated carbocycles. The number of aryl methyl sites for hydroxylation is 1. The number of hydrogen-bond acceptors (Lipinski definition) is 3. The predicted octanol–water partition coefficient (Wildman–Crippen LogP) is -1.61. The Labute approximate surface area is 123 Å². The molecule has 0 amide bonds. The molecule has 0 N–H and O–H groups in total. The topological polar surface area (TPSA) is 66.2 Å². The van der Waals surface area contributed by atoms with Gasteiger partial charge in [-0.2, -0.15) is 13.2 Å². The first-order chi connectivity index (χ1) is 7.68. The molecule has 1 rings (SSSR count). The molecule has 4 nitrogen and oxygen atoms in total. The molecule has 0 aromatic heterocycles. The molecule has 0 saturated heterocycles. The molecule has 1 atom stereocenters. The molecule has 0 aliphatic carbocycles. The summed E-state index contributed by atoms with van der Waals surface area (Å²) in [6.45, 7) is -0.408. The largest absolute Gasteiger partial charge is 1.00 e. The van der Waals surface area contributed by atoms with Crippen LogP contribution < -0.4 is 34.7 Å². The van der Waals surface area contributed by atoms with Crippen LogP contribution in [0, 0.1) is 17.0 Å². The van der Waals surface area contributed by atoms with Crippen molar-refractivity contribution in [2.75, 3.05) is 6.54 Å². The minimum absolute atomic E-state index is 0. The van der Waals surface area contributed by atoms with E-state index in [0.717, 1.165) is 6.07 Å². The molecule has 18 heavy (non-hydrogen) atoms. The third kappa shape index (κ3) is 3.44. The summed E-state index contributed by atoms with van der Waals surface area (Å²) in [5.74, 6) is 0. The van der Waals surface area contributed by atoms with Gasteiger partial charge in [-0.15, -0.1) is 0 Å². The van der Waals surface area contributed by atoms with Crippen LogP contribution in [0.3, 0.4) is 0 Å². The molecule has 0 aliphatic heterocycles. The Kier molecular flexibility index (Phi) is 5.80. The van der Waals surface area contributed by atoms with E-state index in [2.05, 4.69) is 0 Å². The van der Waals surface area contributed by atoms with Crippen LogP contribution in [0.4, 0.5) is 13.2 Å². The first-order valence-corrected chi connectivity index (χ1v) is 4.63. The minimum Gasteiger partial charge on any atom is -0.835 e. The average molecular weight is 271 g/mol. The second kappa shape index (κ2) is 6.01. The Hall–Kier alpha value is -0.630. The summed E-state index contributed by atoms with van der Waals surface area (Å²) < 4.78 is 38.1. The van der Waals surface area contributed by atoms with Crippen molar-refractivity contribution >= 4 is 0 Å². The van der Waals surface area contributed by atoms with E-state index in [1.54, 1.807) is 0 Å². The van der Waals surface area contributed by atoms with Crippen molar-refractivity contribution < 1.29 is 52.8 Å². The number of benzene rings is 1. The Morgan fingerprint density at radius 3 is 2.17 bits per heavy atom. The van der Waals surface area contributed by atoms with Crippen molar-refractivity contribution in [3.8, 4) is 0 Å². The molecular weight excluding hydrogens is 262 g/mol. The van der Waals surface area contributed by atoms with E-state index in [1.807, 2.05) is 0 Å². The molecule has 0 radical (unpaired) electrons. The molecule has 0 bridgehead atoms. The van der Waals surface area contributed by atoms with Crippen LogP contribution in [0.5, 0.6) is 0 Å². The molecule has 0 aliphatic rings. The number of rotatable bonds is 3. The minimum atomic E-state index is -5.22. The van der Waals surface area contributed by atoms with E-state index in [9.17, 15) is 28.4 Å². The molecular formula is C10H9F3NNaO3. The van der Waals surface area contributed by atoms with Crippen LogP contribution >= 0.6 is 0 Å². The van der Waals surface area contributed by atoms with Gasteiger partial charge in [-0.3, -0.25) is 10.1 Å². The van der Waals surface area contributed by atoms with Gasteiger partial charge in [0.2, 0.25) is 6.54 Å². The Morgan fingerprint density at radius 2 is 1.78 bits per heavy atom. The molecule has 1 aromatic carbocycles. The molecule has 0 spiro atoms. The van der Waals surface area contributed by atoms with Crippen molar-refractivity contribution in [1.29, 1.82) is 0 Å². The second-order valence-electron chi connectivity index (χ2n) is 3.63. The summed E-state index contributed by atoms with van der Waals surface area (Å²) in [6, 6.07) is 5.00. The maximum atomic E-state index is 12.7. The molecule has 0 fully saturated rings. The Bertz CT molecular complexity index is 439. The number of halogens is 3. The predicted molar refractivity (Wildman–Crippen MR) is 50.8 cm³/mol. The van der Waals surface area contributed by atoms with E-state index in [0.29, 0.717) is 0 Å². The van der Waals surface area contributed by atoms with Crippen LogP contribution in [0.25, 0.3) is 0 Å². The van der Waals surface area contributed by atoms with Crippen LogP contribution in [0.15, 0.2) is 24.3 Å². The van der Waals surface area contributed by atoms with Crippen molar-refractivity contribution in [3.63, 3.8) is 0 Å². The first kappa shape index (κ1) is 17.4. The Morgan fingerprint density at radius 1 is 1.28 bits per heavy atom. The zero-order valence-electron chi connectivity index (χ0n) is 9.82. The summed E-state index contributed by atoms with van der Waals surface area (Å²) in [5.41, 5.74) is -4.23. The summed E-state index contributed by atoms with van der Waals surface area (Å²) >= 11 is 0. The third-order valence-electron chi connectivity index (χ3n) is 2.39. The summed E-state index contributed by atoms with van der Waals surface area (Å²) in [7, 11) is 0. The number of nitrogens with zero attached hydrogens (tertiary/aromatic N) is 1. The Balaban J connectivity index is 0.00000289. The number of nitro groups is 1. The van der Waals surface area contributed by atoms with E-state index in [-0.39, 0.29) is 35.1 Å². The average Bonchev–Trinajstić information content (AvgIpc) is 2.15. The van der Waals surface area contributed by atoms with E-state index in [1.165, 1.54) is 25.1 Å². The van der Waals surface area contributed by atoms with Gasteiger partial charge < -0.3 is 5.11 Å². The van der Waals surface area contributed by atoms with Crippen LogP contribution in [0.1, 0.15) is 11.1 Å². The summed E-state index contributed by atoms with van der Waals surface area (Å²) in [6.07, 6.45) is -5.22. The zero-order chi connectivity index (χ0) is 13.3. The fourth-order valence-corrected chi connectivity index (χ4v) is 1.54. The zero-order valence-corrected chi connectivity index (χ0v) is 11.8. The van der Waals surface area contributed by atoms with Gasteiger partial charge in [0.05, 0.1) is 5.60 Å². The van der Waals surface area contributed by atoms with Gasteiger partial charge in [0.25, 0.3) is 0 Å². The maximum Gasteiger partial charge on any atom is 1.00 e. The molecule has 1 unspecified atom stereocenters. The smallest absolute Gasteiger partial charge is 0.835 e. The molecule has 8 heteroatoms. The number of hydrogen-bond donors (Lipinski definition) is 0. The number of alkyl halides is 3.